The van der Waals surface area contributed by atoms with Gasteiger partial charge in [0.2, 0.25) is 0 Å². The number of hydrogen-bond acceptors (Lipinski definition) is 3. The fraction of sp³-hybridized carbons (Fsp3) is 0.400. The molecule has 0 rings (SSSR count). The minimum absolute atomic E-state index is 0.131. The van der Waals surface area contributed by atoms with Crippen molar-refractivity contribution in [3.8, 4) is 0 Å². The highest BCUT2D eigenvalue weighted by Crippen LogP contribution is 1.80. The third-order valence-electron chi connectivity index (χ3n) is 0.862. The highest BCUT2D eigenvalue weighted by molar-refractivity contribution is 7.88. The first kappa shape index (κ1) is 10.9. The highest BCUT2D eigenvalue weighted by Gasteiger charge is 2.10. The lowest BCUT2D eigenvalue weighted by atomic mass is 10.4. The van der Waals surface area contributed by atoms with Crippen molar-refractivity contribution in [3.63, 3.8) is 0 Å². The Kier molecular flexibility index (Phi) is 4.30. The molecule has 0 saturated heterocycles. The summed E-state index contributed by atoms with van der Waals surface area (Å²) in [4.78, 5) is 9.90. The van der Waals surface area contributed by atoms with Gasteiger partial charge in [-0.05, 0) is 6.42 Å². The number of rotatable bonds is 5. The molecule has 6 nitrogen and oxygen atoms in total. The number of carboxylic acid groups (broad SMARTS) is 1. The summed E-state index contributed by atoms with van der Waals surface area (Å²) >= 11 is 0. The molecule has 0 fully saturated rings. The van der Waals surface area contributed by atoms with Crippen LogP contribution < -0.4 is 9.44 Å². The van der Waals surface area contributed by atoms with Gasteiger partial charge in [-0.25, -0.2) is 9.52 Å². The van der Waals surface area contributed by atoms with Gasteiger partial charge in [0.15, 0.2) is 0 Å². The molecule has 0 saturated carbocycles. The van der Waals surface area contributed by atoms with Crippen molar-refractivity contribution in [1.82, 2.24) is 9.44 Å². The van der Waals surface area contributed by atoms with Gasteiger partial charge in [-0.3, -0.25) is 0 Å². The van der Waals surface area contributed by atoms with E-state index < -0.39 is 16.3 Å². The van der Waals surface area contributed by atoms with Crippen LogP contribution >= 0.6 is 0 Å². The van der Waals surface area contributed by atoms with Gasteiger partial charge < -0.3 is 5.11 Å². The predicted octanol–water partition coefficient (Wildman–Crippen LogP) is -0.336. The van der Waals surface area contributed by atoms with Crippen LogP contribution in [0.15, 0.2) is 12.7 Å². The molecule has 0 aromatic rings. The molecule has 3 N–H and O–H groups in total. The first-order valence-electron chi connectivity index (χ1n) is 3.09. The van der Waals surface area contributed by atoms with Crippen molar-refractivity contribution in [2.75, 3.05) is 6.54 Å². The molecular weight excluding hydrogens is 184 g/mol. The van der Waals surface area contributed by atoms with E-state index in [9.17, 15) is 13.2 Å². The molecule has 1 amide bonds. The smallest absolute Gasteiger partial charge is 0.419 e. The maximum Gasteiger partial charge on any atom is 0.419 e. The molecule has 0 unspecified atom stereocenters. The van der Waals surface area contributed by atoms with E-state index in [2.05, 4.69) is 6.58 Å². The molecule has 0 aliphatic rings. The lowest BCUT2D eigenvalue weighted by Crippen LogP contribution is -2.39. The zero-order valence-electron chi connectivity index (χ0n) is 6.28. The standard InChI is InChI=1S/C5H10N2O4S/c1-2-3-4-6-12(10,11)7-5(8)9/h2,6-7H,1,3-4H2,(H,8,9). The average molecular weight is 194 g/mol. The second kappa shape index (κ2) is 4.73. The Morgan fingerprint density at radius 1 is 1.58 bits per heavy atom. The Bertz CT molecular complexity index is 259. The molecule has 70 valence electrons. The maximum absolute atomic E-state index is 10.7. The fourth-order valence-electron chi connectivity index (χ4n) is 0.446. The summed E-state index contributed by atoms with van der Waals surface area (Å²) in [5.41, 5.74) is 0. The maximum atomic E-state index is 10.7. The van der Waals surface area contributed by atoms with Crippen molar-refractivity contribution in [2.24, 2.45) is 0 Å². The van der Waals surface area contributed by atoms with E-state index in [1.165, 1.54) is 10.8 Å². The van der Waals surface area contributed by atoms with Crippen molar-refractivity contribution in [2.45, 2.75) is 6.42 Å². The molecule has 0 aliphatic heterocycles. The minimum atomic E-state index is -3.90. The van der Waals surface area contributed by atoms with Crippen LogP contribution in [0.1, 0.15) is 6.42 Å². The van der Waals surface area contributed by atoms with Gasteiger partial charge in [0, 0.05) is 6.54 Å². The summed E-state index contributed by atoms with van der Waals surface area (Å²) in [6, 6.07) is 0. The van der Waals surface area contributed by atoms with Crippen LogP contribution in [0.25, 0.3) is 0 Å². The Hall–Kier alpha value is -1.08. The zero-order chi connectivity index (χ0) is 9.61. The van der Waals surface area contributed by atoms with Gasteiger partial charge in [-0.15, -0.1) is 6.58 Å². The Labute approximate surface area is 70.5 Å². The monoisotopic (exact) mass is 194 g/mol. The van der Waals surface area contributed by atoms with Crippen molar-refractivity contribution in [3.05, 3.63) is 12.7 Å². The number of amides is 1. The molecular formula is C5H10N2O4S. The Balaban J connectivity index is 3.88. The van der Waals surface area contributed by atoms with E-state index in [4.69, 9.17) is 5.11 Å². The fourth-order valence-corrected chi connectivity index (χ4v) is 1.14. The second-order valence-corrected chi connectivity index (χ2v) is 3.38. The van der Waals surface area contributed by atoms with Crippen LogP contribution in [0.3, 0.4) is 0 Å². The minimum Gasteiger partial charge on any atom is -0.464 e. The molecule has 0 aliphatic carbocycles. The largest absolute Gasteiger partial charge is 0.464 e. The molecule has 0 aromatic carbocycles. The van der Waals surface area contributed by atoms with Gasteiger partial charge in [-0.2, -0.15) is 13.1 Å². The molecule has 0 bridgehead atoms. The lowest BCUT2D eigenvalue weighted by Gasteiger charge is -2.02. The quantitative estimate of drug-likeness (QED) is 0.412. The molecule has 0 aromatic heterocycles. The molecule has 0 radical (unpaired) electrons. The van der Waals surface area contributed by atoms with Gasteiger partial charge >= 0.3 is 16.3 Å². The molecule has 7 heteroatoms. The van der Waals surface area contributed by atoms with Gasteiger partial charge in [0.1, 0.15) is 0 Å². The molecule has 0 atom stereocenters. The van der Waals surface area contributed by atoms with Gasteiger partial charge in [0.05, 0.1) is 0 Å². The van der Waals surface area contributed by atoms with E-state index >= 15 is 0 Å². The van der Waals surface area contributed by atoms with E-state index in [1.54, 1.807) is 0 Å². The van der Waals surface area contributed by atoms with Crippen LogP contribution in [0.2, 0.25) is 0 Å². The highest BCUT2D eigenvalue weighted by atomic mass is 32.2. The van der Waals surface area contributed by atoms with Crippen molar-refractivity contribution >= 4 is 16.3 Å². The summed E-state index contributed by atoms with van der Waals surface area (Å²) < 4.78 is 24.7. The zero-order valence-corrected chi connectivity index (χ0v) is 7.10. The third kappa shape index (κ3) is 5.69. The Morgan fingerprint density at radius 2 is 2.17 bits per heavy atom. The first-order chi connectivity index (χ1) is 5.48. The number of carbonyl (C=O) groups is 1. The van der Waals surface area contributed by atoms with Crippen LogP contribution in [0, 0.1) is 0 Å². The third-order valence-corrected chi connectivity index (χ3v) is 1.89. The van der Waals surface area contributed by atoms with Crippen LogP contribution in [-0.2, 0) is 10.2 Å². The topological polar surface area (TPSA) is 95.5 Å². The average Bonchev–Trinajstić information content (AvgIpc) is 1.84. The molecule has 0 spiro atoms. The van der Waals surface area contributed by atoms with E-state index in [1.807, 2.05) is 4.72 Å². The number of nitrogens with one attached hydrogen (secondary N) is 2. The second-order valence-electron chi connectivity index (χ2n) is 1.88. The predicted molar refractivity (Wildman–Crippen MR) is 42.9 cm³/mol. The van der Waals surface area contributed by atoms with E-state index in [0.29, 0.717) is 6.42 Å². The summed E-state index contributed by atoms with van der Waals surface area (Å²) in [5.74, 6) is 0. The van der Waals surface area contributed by atoms with Crippen LogP contribution in [-0.4, -0.2) is 26.2 Å². The summed E-state index contributed by atoms with van der Waals surface area (Å²) in [6.45, 7) is 3.50. The van der Waals surface area contributed by atoms with Gasteiger partial charge in [-0.1, -0.05) is 6.08 Å². The lowest BCUT2D eigenvalue weighted by molar-refractivity contribution is 0.201. The Morgan fingerprint density at radius 3 is 2.58 bits per heavy atom. The van der Waals surface area contributed by atoms with Crippen LogP contribution in [0.5, 0.6) is 0 Å². The SMILES string of the molecule is C=CCCNS(=O)(=O)NC(=O)O. The summed E-state index contributed by atoms with van der Waals surface area (Å²) in [7, 11) is -3.90. The normalized spacial score (nSPS) is 10.7. The summed E-state index contributed by atoms with van der Waals surface area (Å²) in [6.07, 6.45) is 0.352. The molecule has 12 heavy (non-hydrogen) atoms. The molecule has 0 heterocycles. The first-order valence-corrected chi connectivity index (χ1v) is 4.57. The number of hydrogen-bond donors (Lipinski definition) is 3. The van der Waals surface area contributed by atoms with Crippen molar-refractivity contribution in [1.29, 1.82) is 0 Å². The van der Waals surface area contributed by atoms with E-state index in [-0.39, 0.29) is 6.54 Å². The van der Waals surface area contributed by atoms with E-state index in [0.717, 1.165) is 0 Å². The van der Waals surface area contributed by atoms with Crippen molar-refractivity contribution < 1.29 is 18.3 Å². The van der Waals surface area contributed by atoms with Gasteiger partial charge in [0.25, 0.3) is 0 Å². The summed E-state index contributed by atoms with van der Waals surface area (Å²) in [5, 5.41) is 8.06. The van der Waals surface area contributed by atoms with Crippen LogP contribution in [0.4, 0.5) is 4.79 Å².